The van der Waals surface area contributed by atoms with Gasteiger partial charge in [0.2, 0.25) is 0 Å². The first-order valence-corrected chi connectivity index (χ1v) is 12.5. The first kappa shape index (κ1) is 24.5. The van der Waals surface area contributed by atoms with E-state index in [1.807, 2.05) is 60.3 Å². The molecule has 2 N–H and O–H groups in total. The van der Waals surface area contributed by atoms with E-state index in [0.29, 0.717) is 29.4 Å². The summed E-state index contributed by atoms with van der Waals surface area (Å²) in [6.45, 7) is 6.63. The number of fused-ring (bicyclic) bond motifs is 1. The molecule has 0 bridgehead atoms. The molecule has 2 aromatic carbocycles. The number of aryl methyl sites for hydroxylation is 2. The number of aromatic nitrogens is 2. The molecule has 182 valence electrons. The van der Waals surface area contributed by atoms with Gasteiger partial charge in [0.15, 0.2) is 6.61 Å². The molecule has 0 saturated heterocycles. The van der Waals surface area contributed by atoms with Crippen molar-refractivity contribution in [2.75, 3.05) is 18.5 Å². The van der Waals surface area contributed by atoms with Gasteiger partial charge in [-0.1, -0.05) is 32.0 Å². The first-order valence-electron chi connectivity index (χ1n) is 11.6. The van der Waals surface area contributed by atoms with Gasteiger partial charge in [0.05, 0.1) is 15.9 Å². The molecular formula is C27H30N4O3S. The molecule has 2 amide bonds. The number of anilines is 1. The highest BCUT2D eigenvalue weighted by Crippen LogP contribution is 2.27. The molecule has 0 saturated carbocycles. The first-order chi connectivity index (χ1) is 16.8. The maximum Gasteiger partial charge on any atom is 0.262 e. The van der Waals surface area contributed by atoms with Gasteiger partial charge in [-0.05, 0) is 59.7 Å². The summed E-state index contributed by atoms with van der Waals surface area (Å²) in [6.07, 6.45) is 0.604. The Bertz CT molecular complexity index is 1340. The van der Waals surface area contributed by atoms with Crippen molar-refractivity contribution in [2.24, 2.45) is 7.05 Å². The quantitative estimate of drug-likeness (QED) is 0.344. The van der Waals surface area contributed by atoms with E-state index < -0.39 is 0 Å². The fourth-order valence-electron chi connectivity index (χ4n) is 3.92. The summed E-state index contributed by atoms with van der Waals surface area (Å²) in [6, 6.07) is 15.4. The Kier molecular flexibility index (Phi) is 7.51. The van der Waals surface area contributed by atoms with Crippen molar-refractivity contribution in [3.63, 3.8) is 0 Å². The number of nitrogens with zero attached hydrogens (tertiary/aromatic N) is 2. The number of rotatable bonds is 9. The van der Waals surface area contributed by atoms with Crippen molar-refractivity contribution in [1.82, 2.24) is 14.9 Å². The van der Waals surface area contributed by atoms with Gasteiger partial charge in [-0.25, -0.2) is 4.98 Å². The molecule has 0 unspecified atom stereocenters. The molecule has 4 aromatic rings. The van der Waals surface area contributed by atoms with E-state index >= 15 is 0 Å². The predicted octanol–water partition coefficient (Wildman–Crippen LogP) is 5.06. The number of amides is 2. The third-order valence-electron chi connectivity index (χ3n) is 5.79. The SMILES string of the molecule is Cc1ccc(C(C)C)c(OCC(=O)Nc2ccc3c(c2)nc(CCNC(=O)c2cccs2)n3C)c1. The molecule has 0 atom stereocenters. The van der Waals surface area contributed by atoms with Crippen molar-refractivity contribution in [1.29, 1.82) is 0 Å². The van der Waals surface area contributed by atoms with Gasteiger partial charge in [0.25, 0.3) is 11.8 Å². The molecule has 0 aliphatic carbocycles. The molecule has 35 heavy (non-hydrogen) atoms. The smallest absolute Gasteiger partial charge is 0.262 e. The average Bonchev–Trinajstić information content (AvgIpc) is 3.46. The Morgan fingerprint density at radius 2 is 1.97 bits per heavy atom. The minimum Gasteiger partial charge on any atom is -0.483 e. The molecule has 7 nitrogen and oxygen atoms in total. The van der Waals surface area contributed by atoms with Gasteiger partial charge in [0, 0.05) is 25.7 Å². The third kappa shape index (κ3) is 5.89. The Labute approximate surface area is 209 Å². The number of thiophene rings is 1. The highest BCUT2D eigenvalue weighted by molar-refractivity contribution is 7.12. The molecule has 0 fully saturated rings. The molecule has 0 radical (unpaired) electrons. The lowest BCUT2D eigenvalue weighted by Gasteiger charge is -2.15. The Morgan fingerprint density at radius 1 is 1.14 bits per heavy atom. The monoisotopic (exact) mass is 490 g/mol. The molecule has 8 heteroatoms. The largest absolute Gasteiger partial charge is 0.483 e. The van der Waals surface area contributed by atoms with Crippen LogP contribution in [0.2, 0.25) is 0 Å². The molecule has 2 aromatic heterocycles. The van der Waals surface area contributed by atoms with E-state index in [1.54, 1.807) is 6.07 Å². The summed E-state index contributed by atoms with van der Waals surface area (Å²) in [5, 5.41) is 7.72. The van der Waals surface area contributed by atoms with Crippen molar-refractivity contribution in [2.45, 2.75) is 33.1 Å². The molecule has 0 spiro atoms. The van der Waals surface area contributed by atoms with Gasteiger partial charge in [-0.2, -0.15) is 0 Å². The summed E-state index contributed by atoms with van der Waals surface area (Å²) in [4.78, 5) is 30.1. The lowest BCUT2D eigenvalue weighted by Crippen LogP contribution is -2.25. The maximum absolute atomic E-state index is 12.6. The van der Waals surface area contributed by atoms with E-state index in [4.69, 9.17) is 9.72 Å². The van der Waals surface area contributed by atoms with Crippen LogP contribution >= 0.6 is 11.3 Å². The summed E-state index contributed by atoms with van der Waals surface area (Å²) < 4.78 is 7.86. The molecule has 2 heterocycles. The second kappa shape index (κ2) is 10.7. The topological polar surface area (TPSA) is 85.2 Å². The zero-order chi connectivity index (χ0) is 24.9. The summed E-state index contributed by atoms with van der Waals surface area (Å²) in [5.74, 6) is 1.61. The Balaban J connectivity index is 1.36. The lowest BCUT2D eigenvalue weighted by molar-refractivity contribution is -0.118. The number of hydrogen-bond donors (Lipinski definition) is 2. The molecule has 0 aliphatic heterocycles. The third-order valence-corrected chi connectivity index (χ3v) is 6.65. The fourth-order valence-corrected chi connectivity index (χ4v) is 4.56. The minimum absolute atomic E-state index is 0.0708. The van der Waals surface area contributed by atoms with Crippen molar-refractivity contribution in [3.05, 3.63) is 75.7 Å². The van der Waals surface area contributed by atoms with E-state index in [-0.39, 0.29) is 18.4 Å². The molecular weight excluding hydrogens is 460 g/mol. The van der Waals surface area contributed by atoms with E-state index in [2.05, 4.69) is 30.5 Å². The summed E-state index contributed by atoms with van der Waals surface area (Å²) in [5.41, 5.74) is 4.58. The second-order valence-corrected chi connectivity index (χ2v) is 9.75. The molecule has 0 aliphatic rings. The zero-order valence-electron chi connectivity index (χ0n) is 20.4. The van der Waals surface area contributed by atoms with Gasteiger partial charge in [-0.15, -0.1) is 11.3 Å². The summed E-state index contributed by atoms with van der Waals surface area (Å²) in [7, 11) is 1.95. The normalized spacial score (nSPS) is 11.1. The fraction of sp³-hybridized carbons (Fsp3) is 0.296. The van der Waals surface area contributed by atoms with Crippen LogP contribution in [0.25, 0.3) is 11.0 Å². The van der Waals surface area contributed by atoms with Crippen LogP contribution in [0.15, 0.2) is 53.9 Å². The Morgan fingerprint density at radius 3 is 2.71 bits per heavy atom. The van der Waals surface area contributed by atoms with Crippen LogP contribution in [0.3, 0.4) is 0 Å². The van der Waals surface area contributed by atoms with Crippen LogP contribution < -0.4 is 15.4 Å². The van der Waals surface area contributed by atoms with Gasteiger partial charge >= 0.3 is 0 Å². The second-order valence-electron chi connectivity index (χ2n) is 8.81. The van der Waals surface area contributed by atoms with E-state index in [9.17, 15) is 9.59 Å². The van der Waals surface area contributed by atoms with Crippen LogP contribution in [0.1, 0.15) is 46.4 Å². The van der Waals surface area contributed by atoms with Crippen molar-refractivity contribution < 1.29 is 14.3 Å². The number of carbonyl (C=O) groups is 2. The minimum atomic E-state index is -0.229. The van der Waals surface area contributed by atoms with Crippen LogP contribution in [0, 0.1) is 6.92 Å². The average molecular weight is 491 g/mol. The number of hydrogen-bond acceptors (Lipinski definition) is 5. The summed E-state index contributed by atoms with van der Waals surface area (Å²) >= 11 is 1.42. The highest BCUT2D eigenvalue weighted by atomic mass is 32.1. The maximum atomic E-state index is 12.6. The van der Waals surface area contributed by atoms with Crippen molar-refractivity contribution in [3.8, 4) is 5.75 Å². The Hall–Kier alpha value is -3.65. The lowest BCUT2D eigenvalue weighted by atomic mass is 10.0. The van der Waals surface area contributed by atoms with Crippen LogP contribution in [-0.2, 0) is 18.3 Å². The predicted molar refractivity (Wildman–Crippen MR) is 140 cm³/mol. The van der Waals surface area contributed by atoms with Crippen molar-refractivity contribution >= 4 is 39.9 Å². The van der Waals surface area contributed by atoms with Gasteiger partial charge < -0.3 is 19.9 Å². The van der Waals surface area contributed by atoms with E-state index in [1.165, 1.54) is 11.3 Å². The number of imidazole rings is 1. The van der Waals surface area contributed by atoms with E-state index in [0.717, 1.165) is 33.7 Å². The molecule has 4 rings (SSSR count). The van der Waals surface area contributed by atoms with Crippen LogP contribution in [0.4, 0.5) is 5.69 Å². The highest BCUT2D eigenvalue weighted by Gasteiger charge is 2.13. The van der Waals surface area contributed by atoms with Crippen LogP contribution in [0.5, 0.6) is 5.75 Å². The zero-order valence-corrected chi connectivity index (χ0v) is 21.2. The number of carbonyl (C=O) groups excluding carboxylic acids is 2. The van der Waals surface area contributed by atoms with Gasteiger partial charge in [0.1, 0.15) is 11.6 Å². The standard InChI is InChI=1S/C27H30N4O3S/c1-17(2)20-9-7-18(3)14-23(20)34-16-26(32)29-19-8-10-22-21(15-19)30-25(31(22)4)11-12-28-27(33)24-6-5-13-35-24/h5-10,13-15,17H,11-12,16H2,1-4H3,(H,28,33)(H,29,32). The number of nitrogens with one attached hydrogen (secondary N) is 2. The number of benzene rings is 2. The van der Waals surface area contributed by atoms with Crippen LogP contribution in [-0.4, -0.2) is 34.5 Å². The van der Waals surface area contributed by atoms with Gasteiger partial charge in [-0.3, -0.25) is 9.59 Å². The number of ether oxygens (including phenoxy) is 1.